The quantitative estimate of drug-likeness (QED) is 0.851. The van der Waals surface area contributed by atoms with Gasteiger partial charge in [-0.2, -0.15) is 0 Å². The van der Waals surface area contributed by atoms with E-state index in [9.17, 15) is 4.79 Å². The van der Waals surface area contributed by atoms with Crippen LogP contribution in [-0.2, 0) is 4.79 Å². The molecule has 0 atom stereocenters. The molecule has 0 fully saturated rings. The van der Waals surface area contributed by atoms with Crippen molar-refractivity contribution < 1.29 is 9.53 Å². The van der Waals surface area contributed by atoms with Crippen molar-refractivity contribution >= 4 is 28.9 Å². The van der Waals surface area contributed by atoms with Crippen LogP contribution in [0.25, 0.3) is 0 Å². The fourth-order valence-corrected chi connectivity index (χ4v) is 2.27. The van der Waals surface area contributed by atoms with E-state index in [1.807, 2.05) is 44.2 Å². The molecule has 0 radical (unpaired) electrons. The Morgan fingerprint density at radius 3 is 2.36 bits per heavy atom. The van der Waals surface area contributed by atoms with Crippen LogP contribution >= 0.6 is 12.2 Å². The van der Waals surface area contributed by atoms with Gasteiger partial charge in [0.2, 0.25) is 0 Å². The molecule has 4 nitrogen and oxygen atoms in total. The van der Waals surface area contributed by atoms with Crippen molar-refractivity contribution in [1.29, 1.82) is 0 Å². The lowest BCUT2D eigenvalue weighted by Crippen LogP contribution is -2.37. The second kappa shape index (κ2) is 7.56. The van der Waals surface area contributed by atoms with Gasteiger partial charge in [-0.1, -0.05) is 24.3 Å². The van der Waals surface area contributed by atoms with Gasteiger partial charge in [-0.3, -0.25) is 10.1 Å². The largest absolute Gasteiger partial charge is 0.484 e. The van der Waals surface area contributed by atoms with E-state index in [0.717, 1.165) is 16.8 Å². The Morgan fingerprint density at radius 1 is 1.09 bits per heavy atom. The average molecular weight is 314 g/mol. The third-order valence-electron chi connectivity index (χ3n) is 2.85. The van der Waals surface area contributed by atoms with Crippen molar-refractivity contribution in [2.24, 2.45) is 0 Å². The van der Waals surface area contributed by atoms with Gasteiger partial charge in [-0.15, -0.1) is 0 Å². The molecule has 2 N–H and O–H groups in total. The number of rotatable bonds is 4. The van der Waals surface area contributed by atoms with Gasteiger partial charge < -0.3 is 10.1 Å². The summed E-state index contributed by atoms with van der Waals surface area (Å²) in [5, 5.41) is 5.85. The highest BCUT2D eigenvalue weighted by Crippen LogP contribution is 2.13. The fourth-order valence-electron chi connectivity index (χ4n) is 2.04. The van der Waals surface area contributed by atoms with Gasteiger partial charge in [0.25, 0.3) is 5.91 Å². The number of hydrogen-bond donors (Lipinski definition) is 2. The van der Waals surface area contributed by atoms with E-state index in [1.165, 1.54) is 0 Å². The third-order valence-corrected chi connectivity index (χ3v) is 3.05. The SMILES string of the molecule is Cc1cc(C)cc(NC(=S)NC(=O)COc2ccccc2)c1. The number of ether oxygens (including phenoxy) is 1. The van der Waals surface area contributed by atoms with Gasteiger partial charge in [0.1, 0.15) is 5.75 Å². The molecular weight excluding hydrogens is 296 g/mol. The highest BCUT2D eigenvalue weighted by molar-refractivity contribution is 7.80. The second-order valence-electron chi connectivity index (χ2n) is 4.98. The minimum absolute atomic E-state index is 0.0846. The number of carbonyl (C=O) groups excluding carboxylic acids is 1. The normalized spacial score (nSPS) is 9.91. The number of para-hydroxylation sites is 1. The van der Waals surface area contributed by atoms with Crippen LogP contribution < -0.4 is 15.4 Å². The summed E-state index contributed by atoms with van der Waals surface area (Å²) in [5.41, 5.74) is 3.11. The lowest BCUT2D eigenvalue weighted by molar-refractivity contribution is -0.121. The molecule has 0 saturated heterocycles. The van der Waals surface area contributed by atoms with Gasteiger partial charge in [-0.05, 0) is 61.5 Å². The van der Waals surface area contributed by atoms with E-state index in [1.54, 1.807) is 12.1 Å². The molecule has 114 valence electrons. The molecule has 0 spiro atoms. The standard InChI is InChI=1S/C17H18N2O2S/c1-12-8-13(2)10-14(9-12)18-17(22)19-16(20)11-21-15-6-4-3-5-7-15/h3-10H,11H2,1-2H3,(H2,18,19,20,22). The van der Waals surface area contributed by atoms with Crippen molar-refractivity contribution in [1.82, 2.24) is 5.32 Å². The Balaban J connectivity index is 1.82. The number of anilines is 1. The van der Waals surface area contributed by atoms with Gasteiger partial charge in [0.15, 0.2) is 11.7 Å². The molecule has 0 aliphatic carbocycles. The summed E-state index contributed by atoms with van der Waals surface area (Å²) in [6, 6.07) is 15.2. The minimum Gasteiger partial charge on any atom is -0.484 e. The second-order valence-corrected chi connectivity index (χ2v) is 5.39. The molecule has 0 aromatic heterocycles. The van der Waals surface area contributed by atoms with Gasteiger partial charge in [0.05, 0.1) is 0 Å². The van der Waals surface area contributed by atoms with Crippen molar-refractivity contribution in [2.75, 3.05) is 11.9 Å². The van der Waals surface area contributed by atoms with E-state index in [0.29, 0.717) is 5.75 Å². The molecular formula is C17H18N2O2S. The monoisotopic (exact) mass is 314 g/mol. The zero-order valence-corrected chi connectivity index (χ0v) is 13.4. The van der Waals surface area contributed by atoms with Crippen molar-refractivity contribution in [3.8, 4) is 5.75 Å². The summed E-state index contributed by atoms with van der Waals surface area (Å²) < 4.78 is 5.36. The number of amides is 1. The fraction of sp³-hybridized carbons (Fsp3) is 0.176. The van der Waals surface area contributed by atoms with Crippen LogP contribution in [0.1, 0.15) is 11.1 Å². The molecule has 2 rings (SSSR count). The predicted octanol–water partition coefficient (Wildman–Crippen LogP) is 3.20. The van der Waals surface area contributed by atoms with Crippen LogP contribution in [0, 0.1) is 13.8 Å². The van der Waals surface area contributed by atoms with E-state index < -0.39 is 0 Å². The van der Waals surface area contributed by atoms with Crippen LogP contribution in [-0.4, -0.2) is 17.6 Å². The summed E-state index contributed by atoms with van der Waals surface area (Å²) in [6.45, 7) is 3.93. The zero-order chi connectivity index (χ0) is 15.9. The number of carbonyl (C=O) groups is 1. The summed E-state index contributed by atoms with van der Waals surface area (Å²) in [7, 11) is 0. The first-order chi connectivity index (χ1) is 10.5. The Labute approximate surface area is 135 Å². The number of thiocarbonyl (C=S) groups is 1. The Hall–Kier alpha value is -2.40. The zero-order valence-electron chi connectivity index (χ0n) is 12.6. The molecule has 0 aliphatic rings. The Morgan fingerprint density at radius 2 is 1.73 bits per heavy atom. The summed E-state index contributed by atoms with van der Waals surface area (Å²) >= 11 is 5.13. The van der Waals surface area contributed by atoms with E-state index in [-0.39, 0.29) is 17.6 Å². The molecule has 2 aromatic rings. The lowest BCUT2D eigenvalue weighted by Gasteiger charge is -2.11. The average Bonchev–Trinajstić information content (AvgIpc) is 2.45. The van der Waals surface area contributed by atoms with Crippen molar-refractivity contribution in [3.05, 3.63) is 59.7 Å². The maximum Gasteiger partial charge on any atom is 0.264 e. The Bertz CT molecular complexity index is 651. The van der Waals surface area contributed by atoms with Crippen molar-refractivity contribution in [3.63, 3.8) is 0 Å². The summed E-state index contributed by atoms with van der Waals surface area (Å²) in [6.07, 6.45) is 0. The van der Waals surface area contributed by atoms with Crippen LogP contribution in [0.4, 0.5) is 5.69 Å². The maximum absolute atomic E-state index is 11.8. The molecule has 2 aromatic carbocycles. The molecule has 0 unspecified atom stereocenters. The van der Waals surface area contributed by atoms with Gasteiger partial charge in [0, 0.05) is 5.69 Å². The number of hydrogen-bond acceptors (Lipinski definition) is 3. The maximum atomic E-state index is 11.8. The van der Waals surface area contributed by atoms with Gasteiger partial charge >= 0.3 is 0 Å². The predicted molar refractivity (Wildman–Crippen MR) is 92.2 cm³/mol. The van der Waals surface area contributed by atoms with Crippen LogP contribution in [0.5, 0.6) is 5.75 Å². The topological polar surface area (TPSA) is 50.4 Å². The minimum atomic E-state index is -0.300. The van der Waals surface area contributed by atoms with E-state index >= 15 is 0 Å². The van der Waals surface area contributed by atoms with E-state index in [4.69, 9.17) is 17.0 Å². The first-order valence-electron chi connectivity index (χ1n) is 6.90. The third kappa shape index (κ3) is 5.18. The van der Waals surface area contributed by atoms with Crippen LogP contribution in [0.2, 0.25) is 0 Å². The smallest absolute Gasteiger partial charge is 0.264 e. The summed E-state index contributed by atoms with van der Waals surface area (Å²) in [4.78, 5) is 11.8. The Kier molecular flexibility index (Phi) is 5.49. The highest BCUT2D eigenvalue weighted by atomic mass is 32.1. The molecule has 0 aliphatic heterocycles. The van der Waals surface area contributed by atoms with E-state index in [2.05, 4.69) is 16.7 Å². The number of benzene rings is 2. The number of aryl methyl sites for hydroxylation is 2. The molecule has 22 heavy (non-hydrogen) atoms. The number of nitrogens with one attached hydrogen (secondary N) is 2. The first kappa shape index (κ1) is 16.0. The van der Waals surface area contributed by atoms with Crippen LogP contribution in [0.3, 0.4) is 0 Å². The molecule has 1 amide bonds. The van der Waals surface area contributed by atoms with Crippen molar-refractivity contribution in [2.45, 2.75) is 13.8 Å². The lowest BCUT2D eigenvalue weighted by atomic mass is 10.1. The van der Waals surface area contributed by atoms with Crippen LogP contribution in [0.15, 0.2) is 48.5 Å². The first-order valence-corrected chi connectivity index (χ1v) is 7.31. The highest BCUT2D eigenvalue weighted by Gasteiger charge is 2.06. The van der Waals surface area contributed by atoms with Gasteiger partial charge in [-0.25, -0.2) is 0 Å². The molecule has 5 heteroatoms. The molecule has 0 bridgehead atoms. The summed E-state index contributed by atoms with van der Waals surface area (Å²) in [5.74, 6) is 0.344. The molecule has 0 saturated carbocycles. The molecule has 0 heterocycles.